The summed E-state index contributed by atoms with van der Waals surface area (Å²) in [5.74, 6) is -0.964. The predicted octanol–water partition coefficient (Wildman–Crippen LogP) is 5.23. The van der Waals surface area contributed by atoms with E-state index in [9.17, 15) is 9.59 Å². The standard InChI is InChI=1S/C23H21N3O3S2/c1-15-5-9-18(10-6-15)25-23(30)26-19-3-2-4-20(13-19)31-14-21(27)24-17-11-7-16(8-12-17)22(28)29/h2-13H,14H2,1H3,(H,24,27)(H,28,29)(H2,25,26,30). The number of amides is 1. The molecule has 8 heteroatoms. The van der Waals surface area contributed by atoms with Crippen molar-refractivity contribution in [1.82, 2.24) is 0 Å². The highest BCUT2D eigenvalue weighted by molar-refractivity contribution is 8.00. The minimum atomic E-state index is -1.00. The smallest absolute Gasteiger partial charge is 0.335 e. The van der Waals surface area contributed by atoms with Gasteiger partial charge in [-0.15, -0.1) is 11.8 Å². The maximum atomic E-state index is 12.2. The van der Waals surface area contributed by atoms with Crippen molar-refractivity contribution >= 4 is 58.0 Å². The van der Waals surface area contributed by atoms with Gasteiger partial charge in [0.1, 0.15) is 0 Å². The number of hydrogen-bond acceptors (Lipinski definition) is 4. The highest BCUT2D eigenvalue weighted by Gasteiger charge is 2.07. The fourth-order valence-corrected chi connectivity index (χ4v) is 3.63. The van der Waals surface area contributed by atoms with Crippen LogP contribution in [-0.2, 0) is 4.79 Å². The number of aryl methyl sites for hydroxylation is 1. The molecule has 0 fully saturated rings. The Morgan fingerprint density at radius 3 is 2.16 bits per heavy atom. The molecule has 4 N–H and O–H groups in total. The first-order chi connectivity index (χ1) is 14.9. The Kier molecular flexibility index (Phi) is 7.64. The van der Waals surface area contributed by atoms with Gasteiger partial charge in [0.15, 0.2) is 5.11 Å². The lowest BCUT2D eigenvalue weighted by atomic mass is 10.2. The number of aromatic carboxylic acids is 1. The van der Waals surface area contributed by atoms with Crippen molar-refractivity contribution in [3.05, 3.63) is 83.9 Å². The molecule has 0 aliphatic heterocycles. The maximum absolute atomic E-state index is 12.2. The summed E-state index contributed by atoms with van der Waals surface area (Å²) in [6, 6.07) is 21.6. The zero-order chi connectivity index (χ0) is 22.2. The molecule has 0 unspecified atom stereocenters. The molecule has 0 atom stereocenters. The molecule has 0 aliphatic carbocycles. The van der Waals surface area contributed by atoms with Gasteiger partial charge in [-0.1, -0.05) is 23.8 Å². The molecular weight excluding hydrogens is 430 g/mol. The average Bonchev–Trinajstić information content (AvgIpc) is 2.74. The number of benzene rings is 3. The fraction of sp³-hybridized carbons (Fsp3) is 0.0870. The van der Waals surface area contributed by atoms with Crippen LogP contribution in [0, 0.1) is 6.92 Å². The van der Waals surface area contributed by atoms with Crippen molar-refractivity contribution in [2.45, 2.75) is 11.8 Å². The Balaban J connectivity index is 1.50. The third-order valence-electron chi connectivity index (χ3n) is 4.19. The van der Waals surface area contributed by atoms with Crippen molar-refractivity contribution in [2.75, 3.05) is 21.7 Å². The lowest BCUT2D eigenvalue weighted by Gasteiger charge is -2.12. The zero-order valence-electron chi connectivity index (χ0n) is 16.7. The van der Waals surface area contributed by atoms with Crippen LogP contribution >= 0.6 is 24.0 Å². The quantitative estimate of drug-likeness (QED) is 0.289. The molecule has 0 bridgehead atoms. The number of hydrogen-bond donors (Lipinski definition) is 4. The monoisotopic (exact) mass is 451 g/mol. The maximum Gasteiger partial charge on any atom is 0.335 e. The second-order valence-corrected chi connectivity index (χ2v) is 8.15. The molecule has 0 aromatic heterocycles. The van der Waals surface area contributed by atoms with E-state index >= 15 is 0 Å². The van der Waals surface area contributed by atoms with Gasteiger partial charge < -0.3 is 21.1 Å². The number of thioether (sulfide) groups is 1. The van der Waals surface area contributed by atoms with Crippen LogP contribution < -0.4 is 16.0 Å². The molecule has 3 aromatic carbocycles. The van der Waals surface area contributed by atoms with Crippen LogP contribution in [0.5, 0.6) is 0 Å². The van der Waals surface area contributed by atoms with E-state index in [1.807, 2.05) is 55.5 Å². The summed E-state index contributed by atoms with van der Waals surface area (Å²) in [4.78, 5) is 24.0. The summed E-state index contributed by atoms with van der Waals surface area (Å²) in [5.41, 5.74) is 3.63. The largest absolute Gasteiger partial charge is 0.478 e. The Bertz CT molecular complexity index is 1080. The molecule has 6 nitrogen and oxygen atoms in total. The van der Waals surface area contributed by atoms with Gasteiger partial charge in [-0.2, -0.15) is 0 Å². The summed E-state index contributed by atoms with van der Waals surface area (Å²) >= 11 is 6.76. The van der Waals surface area contributed by atoms with E-state index in [0.29, 0.717) is 10.8 Å². The van der Waals surface area contributed by atoms with Crippen LogP contribution in [0.25, 0.3) is 0 Å². The Hall–Kier alpha value is -3.36. The minimum absolute atomic E-state index is 0.173. The molecular formula is C23H21N3O3S2. The van der Waals surface area contributed by atoms with E-state index in [2.05, 4.69) is 16.0 Å². The third kappa shape index (κ3) is 7.13. The second kappa shape index (κ2) is 10.6. The highest BCUT2D eigenvalue weighted by Crippen LogP contribution is 2.22. The van der Waals surface area contributed by atoms with Crippen LogP contribution in [-0.4, -0.2) is 27.8 Å². The summed E-state index contributed by atoms with van der Waals surface area (Å²) < 4.78 is 0. The number of nitrogens with one attached hydrogen (secondary N) is 3. The van der Waals surface area contributed by atoms with Crippen LogP contribution in [0.4, 0.5) is 17.1 Å². The lowest BCUT2D eigenvalue weighted by Crippen LogP contribution is -2.19. The highest BCUT2D eigenvalue weighted by atomic mass is 32.2. The molecule has 31 heavy (non-hydrogen) atoms. The van der Waals surface area contributed by atoms with Gasteiger partial charge in [-0.3, -0.25) is 4.79 Å². The molecule has 3 aromatic rings. The number of carbonyl (C=O) groups is 2. The van der Waals surface area contributed by atoms with Crippen LogP contribution in [0.1, 0.15) is 15.9 Å². The fourth-order valence-electron chi connectivity index (χ4n) is 2.64. The summed E-state index contributed by atoms with van der Waals surface area (Å²) in [6.45, 7) is 2.03. The van der Waals surface area contributed by atoms with E-state index in [-0.39, 0.29) is 17.2 Å². The predicted molar refractivity (Wildman–Crippen MR) is 130 cm³/mol. The topological polar surface area (TPSA) is 90.5 Å². The number of carboxylic acids is 1. The average molecular weight is 452 g/mol. The van der Waals surface area contributed by atoms with Crippen molar-refractivity contribution < 1.29 is 14.7 Å². The molecule has 3 rings (SSSR count). The van der Waals surface area contributed by atoms with Gasteiger partial charge >= 0.3 is 5.97 Å². The first kappa shape index (κ1) is 22.3. The number of rotatable bonds is 7. The zero-order valence-corrected chi connectivity index (χ0v) is 18.3. The summed E-state index contributed by atoms with van der Waals surface area (Å²) in [6.07, 6.45) is 0. The molecule has 0 saturated carbocycles. The van der Waals surface area contributed by atoms with Crippen LogP contribution in [0.15, 0.2) is 77.7 Å². The van der Waals surface area contributed by atoms with Gasteiger partial charge in [-0.05, 0) is 73.7 Å². The summed E-state index contributed by atoms with van der Waals surface area (Å²) in [7, 11) is 0. The van der Waals surface area contributed by atoms with E-state index in [4.69, 9.17) is 17.3 Å². The molecule has 1 amide bonds. The Labute approximate surface area is 190 Å². The van der Waals surface area contributed by atoms with Crippen molar-refractivity contribution in [3.63, 3.8) is 0 Å². The van der Waals surface area contributed by atoms with Gasteiger partial charge in [-0.25, -0.2) is 4.79 Å². The summed E-state index contributed by atoms with van der Waals surface area (Å²) in [5, 5.41) is 18.4. The Morgan fingerprint density at radius 1 is 0.871 bits per heavy atom. The molecule has 0 heterocycles. The molecule has 0 spiro atoms. The third-order valence-corrected chi connectivity index (χ3v) is 5.38. The van der Waals surface area contributed by atoms with E-state index in [0.717, 1.165) is 16.3 Å². The first-order valence-corrected chi connectivity index (χ1v) is 10.8. The van der Waals surface area contributed by atoms with Gasteiger partial charge in [0.2, 0.25) is 5.91 Å². The number of carboxylic acid groups (broad SMARTS) is 1. The molecule has 158 valence electrons. The van der Waals surface area contributed by atoms with Crippen molar-refractivity contribution in [2.24, 2.45) is 0 Å². The van der Waals surface area contributed by atoms with Crippen LogP contribution in [0.3, 0.4) is 0 Å². The van der Waals surface area contributed by atoms with E-state index in [1.54, 1.807) is 12.1 Å². The van der Waals surface area contributed by atoms with Gasteiger partial charge in [0.25, 0.3) is 0 Å². The lowest BCUT2D eigenvalue weighted by molar-refractivity contribution is -0.113. The van der Waals surface area contributed by atoms with Crippen molar-refractivity contribution in [3.8, 4) is 0 Å². The van der Waals surface area contributed by atoms with Gasteiger partial charge in [0.05, 0.1) is 11.3 Å². The van der Waals surface area contributed by atoms with E-state index < -0.39 is 5.97 Å². The minimum Gasteiger partial charge on any atom is -0.478 e. The first-order valence-electron chi connectivity index (χ1n) is 9.40. The normalized spacial score (nSPS) is 10.2. The number of anilines is 3. The molecule has 0 radical (unpaired) electrons. The second-order valence-electron chi connectivity index (χ2n) is 6.69. The van der Waals surface area contributed by atoms with Crippen LogP contribution in [0.2, 0.25) is 0 Å². The van der Waals surface area contributed by atoms with Gasteiger partial charge in [0, 0.05) is 22.0 Å². The molecule has 0 aliphatic rings. The Morgan fingerprint density at radius 2 is 1.48 bits per heavy atom. The van der Waals surface area contributed by atoms with E-state index in [1.165, 1.54) is 29.5 Å². The number of carbonyl (C=O) groups excluding carboxylic acids is 1. The molecule has 0 saturated heterocycles. The van der Waals surface area contributed by atoms with Crippen molar-refractivity contribution in [1.29, 1.82) is 0 Å². The SMILES string of the molecule is Cc1ccc(NC(=S)Nc2cccc(SCC(=O)Nc3ccc(C(=O)O)cc3)c2)cc1. The number of thiocarbonyl (C=S) groups is 1.